The van der Waals surface area contributed by atoms with Crippen LogP contribution in [0.2, 0.25) is 0 Å². The Balaban J connectivity index is 1.81. The van der Waals surface area contributed by atoms with Gasteiger partial charge in [-0.2, -0.15) is 0 Å². The second-order valence-corrected chi connectivity index (χ2v) is 4.64. The highest BCUT2D eigenvalue weighted by Gasteiger charge is 2.11. The van der Waals surface area contributed by atoms with Crippen LogP contribution in [-0.4, -0.2) is 26.1 Å². The largest absolute Gasteiger partial charge is 0.444 e. The molecule has 0 bridgehead atoms. The van der Waals surface area contributed by atoms with Crippen molar-refractivity contribution in [2.75, 3.05) is 5.32 Å². The van der Waals surface area contributed by atoms with Gasteiger partial charge in [0.25, 0.3) is 5.91 Å². The fourth-order valence-electron chi connectivity index (χ4n) is 1.63. The summed E-state index contributed by atoms with van der Waals surface area (Å²) in [6.45, 7) is 0. The zero-order valence-corrected chi connectivity index (χ0v) is 11.6. The molecule has 1 aromatic carbocycles. The molecule has 0 aliphatic heterocycles. The molecule has 3 aromatic rings. The first-order valence-corrected chi connectivity index (χ1v) is 6.42. The maximum atomic E-state index is 12.0. The van der Waals surface area contributed by atoms with Crippen LogP contribution in [0, 0.1) is 0 Å². The van der Waals surface area contributed by atoms with E-state index in [0.29, 0.717) is 10.4 Å². The van der Waals surface area contributed by atoms with E-state index in [1.165, 1.54) is 11.0 Å². The fraction of sp³-hybridized carbons (Fsp3) is 0. The molecule has 3 rings (SSSR count). The number of anilines is 1. The monoisotopic (exact) mass is 333 g/mol. The molecule has 0 atom stereocenters. The smallest absolute Gasteiger partial charge is 0.291 e. The maximum absolute atomic E-state index is 12.0. The Morgan fingerprint density at radius 1 is 1.30 bits per heavy atom. The van der Waals surface area contributed by atoms with Crippen LogP contribution < -0.4 is 5.32 Å². The van der Waals surface area contributed by atoms with E-state index >= 15 is 0 Å². The molecule has 0 aliphatic carbocycles. The third-order valence-electron chi connectivity index (χ3n) is 2.51. The molecule has 20 heavy (non-hydrogen) atoms. The van der Waals surface area contributed by atoms with Gasteiger partial charge in [-0.05, 0) is 56.7 Å². The van der Waals surface area contributed by atoms with Crippen LogP contribution >= 0.6 is 15.9 Å². The van der Waals surface area contributed by atoms with E-state index in [4.69, 9.17) is 4.42 Å². The molecule has 0 spiro atoms. The first kappa shape index (κ1) is 12.5. The number of aromatic nitrogens is 4. The van der Waals surface area contributed by atoms with Crippen molar-refractivity contribution < 1.29 is 9.21 Å². The summed E-state index contributed by atoms with van der Waals surface area (Å²) in [5.74, 6) is -0.103. The van der Waals surface area contributed by atoms with Gasteiger partial charge in [0.05, 0.1) is 5.69 Å². The van der Waals surface area contributed by atoms with Gasteiger partial charge in [-0.1, -0.05) is 6.07 Å². The zero-order chi connectivity index (χ0) is 13.9. The summed E-state index contributed by atoms with van der Waals surface area (Å²) in [6.07, 6.45) is 1.48. The van der Waals surface area contributed by atoms with E-state index in [-0.39, 0.29) is 11.7 Å². The van der Waals surface area contributed by atoms with Gasteiger partial charge in [0.1, 0.15) is 6.33 Å². The minimum atomic E-state index is -0.329. The Kier molecular flexibility index (Phi) is 3.30. The summed E-state index contributed by atoms with van der Waals surface area (Å²) < 4.78 is 7.19. The molecular formula is C12H8BrN5O2. The Morgan fingerprint density at radius 2 is 2.20 bits per heavy atom. The lowest BCUT2D eigenvalue weighted by Crippen LogP contribution is -2.11. The van der Waals surface area contributed by atoms with Crippen molar-refractivity contribution in [2.24, 2.45) is 0 Å². The standard InChI is InChI=1S/C12H8BrN5O2/c13-11-5-4-10(20-11)12(19)15-8-2-1-3-9(6-8)18-7-14-16-17-18/h1-7H,(H,15,19). The molecule has 0 aliphatic rings. The second-order valence-electron chi connectivity index (χ2n) is 3.86. The number of hydrogen-bond donors (Lipinski definition) is 1. The molecule has 2 aromatic heterocycles. The van der Waals surface area contributed by atoms with Gasteiger partial charge in [0.15, 0.2) is 10.4 Å². The van der Waals surface area contributed by atoms with Crippen molar-refractivity contribution in [3.8, 4) is 5.69 Å². The quantitative estimate of drug-likeness (QED) is 0.794. The van der Waals surface area contributed by atoms with Crippen LogP contribution in [0.1, 0.15) is 10.6 Å². The normalized spacial score (nSPS) is 10.4. The van der Waals surface area contributed by atoms with E-state index in [1.54, 1.807) is 30.3 Å². The molecule has 0 saturated heterocycles. The number of tetrazole rings is 1. The van der Waals surface area contributed by atoms with Gasteiger partial charge in [-0.3, -0.25) is 4.79 Å². The lowest BCUT2D eigenvalue weighted by Gasteiger charge is -2.05. The average molecular weight is 334 g/mol. The summed E-state index contributed by atoms with van der Waals surface area (Å²) in [4.78, 5) is 12.0. The topological polar surface area (TPSA) is 85.8 Å². The molecule has 8 heteroatoms. The zero-order valence-electron chi connectivity index (χ0n) is 10.0. The van der Waals surface area contributed by atoms with E-state index in [0.717, 1.165) is 5.69 Å². The Hall–Kier alpha value is -2.48. The van der Waals surface area contributed by atoms with Gasteiger partial charge in [0.2, 0.25) is 0 Å². The van der Waals surface area contributed by atoms with Crippen molar-refractivity contribution in [1.82, 2.24) is 20.2 Å². The molecule has 0 saturated carbocycles. The van der Waals surface area contributed by atoms with Crippen LogP contribution in [0.25, 0.3) is 5.69 Å². The molecule has 2 heterocycles. The van der Waals surface area contributed by atoms with Crippen LogP contribution in [0.4, 0.5) is 5.69 Å². The van der Waals surface area contributed by atoms with Crippen LogP contribution in [0.3, 0.4) is 0 Å². The van der Waals surface area contributed by atoms with Gasteiger partial charge < -0.3 is 9.73 Å². The SMILES string of the molecule is O=C(Nc1cccc(-n2cnnn2)c1)c1ccc(Br)o1. The highest BCUT2D eigenvalue weighted by atomic mass is 79.9. The van der Waals surface area contributed by atoms with Crippen molar-refractivity contribution in [2.45, 2.75) is 0 Å². The van der Waals surface area contributed by atoms with Gasteiger partial charge in [0, 0.05) is 5.69 Å². The molecular weight excluding hydrogens is 326 g/mol. The predicted octanol–water partition coefficient (Wildman–Crippen LogP) is 2.27. The maximum Gasteiger partial charge on any atom is 0.291 e. The van der Waals surface area contributed by atoms with E-state index in [1.807, 2.05) is 6.07 Å². The number of amides is 1. The first-order chi connectivity index (χ1) is 9.72. The molecule has 1 amide bonds. The van der Waals surface area contributed by atoms with Crippen molar-refractivity contribution in [3.63, 3.8) is 0 Å². The number of nitrogens with zero attached hydrogens (tertiary/aromatic N) is 4. The predicted molar refractivity (Wildman–Crippen MR) is 73.5 cm³/mol. The minimum absolute atomic E-state index is 0.227. The number of furan rings is 1. The van der Waals surface area contributed by atoms with Gasteiger partial charge >= 0.3 is 0 Å². The molecule has 1 N–H and O–H groups in total. The summed E-state index contributed by atoms with van der Waals surface area (Å²) in [5.41, 5.74) is 1.36. The summed E-state index contributed by atoms with van der Waals surface area (Å²) in [7, 11) is 0. The van der Waals surface area contributed by atoms with Crippen LogP contribution in [0.5, 0.6) is 0 Å². The van der Waals surface area contributed by atoms with Crippen LogP contribution in [-0.2, 0) is 0 Å². The fourth-order valence-corrected chi connectivity index (χ4v) is 1.94. The Bertz CT molecular complexity index is 738. The summed E-state index contributed by atoms with van der Waals surface area (Å²) >= 11 is 3.15. The van der Waals surface area contributed by atoms with E-state index in [2.05, 4.69) is 36.8 Å². The average Bonchev–Trinajstić information content (AvgIpc) is 3.10. The van der Waals surface area contributed by atoms with Gasteiger partial charge in [-0.25, -0.2) is 4.68 Å². The third-order valence-corrected chi connectivity index (χ3v) is 2.94. The highest BCUT2D eigenvalue weighted by molar-refractivity contribution is 9.10. The van der Waals surface area contributed by atoms with Crippen molar-refractivity contribution in [3.05, 3.63) is 53.2 Å². The molecule has 7 nitrogen and oxygen atoms in total. The van der Waals surface area contributed by atoms with E-state index in [9.17, 15) is 4.79 Å². The van der Waals surface area contributed by atoms with Gasteiger partial charge in [-0.15, -0.1) is 5.10 Å². The lowest BCUT2D eigenvalue weighted by atomic mass is 10.2. The number of benzene rings is 1. The molecule has 0 unspecified atom stereocenters. The number of nitrogens with one attached hydrogen (secondary N) is 1. The minimum Gasteiger partial charge on any atom is -0.444 e. The number of carbonyl (C=O) groups excluding carboxylic acids is 1. The summed E-state index contributed by atoms with van der Waals surface area (Å²) in [6, 6.07) is 10.4. The number of carbonyl (C=O) groups is 1. The Labute approximate surface area is 121 Å². The van der Waals surface area contributed by atoms with Crippen molar-refractivity contribution >= 4 is 27.5 Å². The lowest BCUT2D eigenvalue weighted by molar-refractivity contribution is 0.0995. The van der Waals surface area contributed by atoms with Crippen LogP contribution in [0.15, 0.2) is 51.8 Å². The number of rotatable bonds is 3. The third kappa shape index (κ3) is 2.59. The summed E-state index contributed by atoms with van der Waals surface area (Å²) in [5, 5.41) is 13.7. The molecule has 100 valence electrons. The van der Waals surface area contributed by atoms with E-state index < -0.39 is 0 Å². The molecule has 0 radical (unpaired) electrons. The first-order valence-electron chi connectivity index (χ1n) is 5.62. The number of hydrogen-bond acceptors (Lipinski definition) is 5. The molecule has 0 fully saturated rings. The number of halogens is 1. The van der Waals surface area contributed by atoms with Crippen molar-refractivity contribution in [1.29, 1.82) is 0 Å². The highest BCUT2D eigenvalue weighted by Crippen LogP contribution is 2.17. The second kappa shape index (κ2) is 5.25. The Morgan fingerprint density at radius 3 is 2.90 bits per heavy atom.